The molecule has 5 nitrogen and oxygen atoms in total. The van der Waals surface area contributed by atoms with Gasteiger partial charge in [0.25, 0.3) is 5.91 Å². The van der Waals surface area contributed by atoms with E-state index >= 15 is 0 Å². The third kappa shape index (κ3) is 3.23. The number of para-hydroxylation sites is 1. The zero-order valence-corrected chi connectivity index (χ0v) is 18.0. The van der Waals surface area contributed by atoms with Gasteiger partial charge >= 0.3 is 0 Å². The summed E-state index contributed by atoms with van der Waals surface area (Å²) in [6, 6.07) is 20.6. The van der Waals surface area contributed by atoms with E-state index in [1.54, 1.807) is 11.9 Å². The maximum Gasteiger partial charge on any atom is 0.274 e. The first-order valence-corrected chi connectivity index (χ1v) is 11.0. The number of ether oxygens (including phenoxy) is 1. The van der Waals surface area contributed by atoms with E-state index in [1.165, 1.54) is 5.56 Å². The Morgan fingerprint density at radius 3 is 2.52 bits per heavy atom. The van der Waals surface area contributed by atoms with E-state index in [9.17, 15) is 10.1 Å². The molecule has 1 saturated heterocycles. The summed E-state index contributed by atoms with van der Waals surface area (Å²) in [5.41, 5.74) is 3.02. The Morgan fingerprint density at radius 1 is 1.16 bits per heavy atom. The number of amides is 1. The molecule has 5 heteroatoms. The molecule has 1 amide bonds. The quantitative estimate of drug-likeness (QED) is 0.600. The van der Waals surface area contributed by atoms with Gasteiger partial charge in [-0.25, -0.2) is 0 Å². The van der Waals surface area contributed by atoms with Gasteiger partial charge in [-0.3, -0.25) is 4.79 Å². The van der Waals surface area contributed by atoms with Crippen molar-refractivity contribution in [2.75, 3.05) is 25.2 Å². The lowest BCUT2D eigenvalue weighted by Crippen LogP contribution is -2.31. The van der Waals surface area contributed by atoms with Crippen LogP contribution < -0.4 is 4.90 Å². The fourth-order valence-corrected chi connectivity index (χ4v) is 4.97. The summed E-state index contributed by atoms with van der Waals surface area (Å²) in [5, 5.41) is 11.1. The van der Waals surface area contributed by atoms with Gasteiger partial charge < -0.3 is 14.2 Å². The molecule has 0 bridgehead atoms. The van der Waals surface area contributed by atoms with Gasteiger partial charge in [-0.05, 0) is 67.0 Å². The molecule has 2 heterocycles. The summed E-state index contributed by atoms with van der Waals surface area (Å²) in [4.78, 5) is 15.3. The van der Waals surface area contributed by atoms with Crippen LogP contribution in [0.4, 0.5) is 5.69 Å². The predicted octanol–water partition coefficient (Wildman–Crippen LogP) is 5.07. The summed E-state index contributed by atoms with van der Waals surface area (Å²) in [6.07, 6.45) is 2.81. The lowest BCUT2D eigenvalue weighted by molar-refractivity contribution is 0.0853. The van der Waals surface area contributed by atoms with Crippen LogP contribution in [0.15, 0.2) is 54.6 Å². The van der Waals surface area contributed by atoms with Gasteiger partial charge in [0.15, 0.2) is 0 Å². The molecule has 3 aromatic rings. The average Bonchev–Trinajstić information content (AvgIpc) is 3.33. The van der Waals surface area contributed by atoms with Crippen LogP contribution in [0.2, 0.25) is 0 Å². The molecule has 0 radical (unpaired) electrons. The molecule has 1 aliphatic heterocycles. The van der Waals surface area contributed by atoms with Crippen molar-refractivity contribution < 1.29 is 9.53 Å². The largest absolute Gasteiger partial charge is 0.381 e. The summed E-state index contributed by atoms with van der Waals surface area (Å²) in [6.45, 7) is 3.68. The van der Waals surface area contributed by atoms with Crippen molar-refractivity contribution in [3.63, 3.8) is 0 Å². The summed E-state index contributed by atoms with van der Waals surface area (Å²) < 4.78 is 7.52. The number of benzene rings is 2. The average molecular weight is 414 g/mol. The van der Waals surface area contributed by atoms with E-state index < -0.39 is 5.54 Å². The second-order valence-corrected chi connectivity index (χ2v) is 8.91. The van der Waals surface area contributed by atoms with Gasteiger partial charge in [-0.1, -0.05) is 31.2 Å². The van der Waals surface area contributed by atoms with Crippen molar-refractivity contribution >= 4 is 22.5 Å². The minimum atomic E-state index is -0.648. The van der Waals surface area contributed by atoms with E-state index in [-0.39, 0.29) is 11.8 Å². The van der Waals surface area contributed by atoms with Crippen LogP contribution >= 0.6 is 0 Å². The monoisotopic (exact) mass is 413 g/mol. The third-order valence-electron chi connectivity index (χ3n) is 7.05. The molecule has 2 atom stereocenters. The number of nitrogens with zero attached hydrogens (tertiary/aromatic N) is 3. The Balaban J connectivity index is 1.62. The van der Waals surface area contributed by atoms with Gasteiger partial charge in [-0.15, -0.1) is 0 Å². The van der Waals surface area contributed by atoms with Crippen LogP contribution in [0.25, 0.3) is 10.9 Å². The maximum absolute atomic E-state index is 13.6. The molecule has 0 unspecified atom stereocenters. The summed E-state index contributed by atoms with van der Waals surface area (Å²) in [7, 11) is 1.79. The molecule has 2 aliphatic rings. The summed E-state index contributed by atoms with van der Waals surface area (Å²) >= 11 is 0. The number of carbonyl (C=O) groups is 1. The first-order chi connectivity index (χ1) is 15.0. The highest BCUT2D eigenvalue weighted by Crippen LogP contribution is 2.52. The van der Waals surface area contributed by atoms with Gasteiger partial charge in [-0.2, -0.15) is 5.26 Å². The highest BCUT2D eigenvalue weighted by Gasteiger charge is 2.55. The van der Waals surface area contributed by atoms with Gasteiger partial charge in [0, 0.05) is 31.3 Å². The van der Waals surface area contributed by atoms with Crippen LogP contribution in [-0.4, -0.2) is 30.7 Å². The molecular weight excluding hydrogens is 386 g/mol. The Morgan fingerprint density at radius 2 is 1.87 bits per heavy atom. The number of fused-ring (bicyclic) bond motifs is 1. The zero-order valence-electron chi connectivity index (χ0n) is 18.0. The van der Waals surface area contributed by atoms with Crippen LogP contribution in [0.5, 0.6) is 0 Å². The maximum atomic E-state index is 13.6. The smallest absolute Gasteiger partial charge is 0.274 e. The minimum Gasteiger partial charge on any atom is -0.381 e. The zero-order chi connectivity index (χ0) is 21.6. The fraction of sp³-hybridized carbons (Fsp3) is 0.385. The van der Waals surface area contributed by atoms with E-state index in [4.69, 9.17) is 4.74 Å². The molecule has 158 valence electrons. The minimum absolute atomic E-state index is 0.0938. The van der Waals surface area contributed by atoms with Crippen molar-refractivity contribution in [1.82, 2.24) is 4.57 Å². The molecule has 1 saturated carbocycles. The van der Waals surface area contributed by atoms with E-state index in [0.29, 0.717) is 11.6 Å². The number of carbonyl (C=O) groups excluding carboxylic acids is 1. The van der Waals surface area contributed by atoms with E-state index in [0.717, 1.165) is 49.1 Å². The molecule has 0 N–H and O–H groups in total. The number of nitriles is 1. The molecule has 0 spiro atoms. The second-order valence-electron chi connectivity index (χ2n) is 8.91. The molecule has 1 aromatic heterocycles. The number of aromatic nitrogens is 1. The number of anilines is 1. The topological polar surface area (TPSA) is 58.3 Å². The predicted molar refractivity (Wildman–Crippen MR) is 121 cm³/mol. The number of hydrogen-bond acceptors (Lipinski definition) is 3. The Hall–Kier alpha value is -3.10. The van der Waals surface area contributed by atoms with E-state index in [2.05, 4.69) is 31.2 Å². The van der Waals surface area contributed by atoms with Crippen LogP contribution in [0.3, 0.4) is 0 Å². The molecular formula is C26H27N3O2. The van der Waals surface area contributed by atoms with Crippen LogP contribution in [0, 0.1) is 17.2 Å². The van der Waals surface area contributed by atoms with Crippen molar-refractivity contribution in [2.24, 2.45) is 5.92 Å². The van der Waals surface area contributed by atoms with Gasteiger partial charge in [0.05, 0.1) is 11.6 Å². The van der Waals surface area contributed by atoms with Crippen molar-refractivity contribution in [3.05, 3.63) is 65.9 Å². The third-order valence-corrected chi connectivity index (χ3v) is 7.05. The highest BCUT2D eigenvalue weighted by atomic mass is 16.5. The number of rotatable bonds is 4. The standard InChI is InChI=1S/C26H27N3O2/c1-18-16-26(18,17-27)29-23-9-8-20(19-10-12-31-13-11-19)14-21(23)15-24(29)25(30)28(2)22-6-4-3-5-7-22/h3-9,14-15,18-19H,10-13,16H2,1-2H3/t18-,26+/m0/s1. The Bertz CT molecular complexity index is 1170. The van der Waals surface area contributed by atoms with Crippen molar-refractivity contribution in [2.45, 2.75) is 37.6 Å². The fourth-order valence-electron chi connectivity index (χ4n) is 4.97. The lowest BCUT2D eigenvalue weighted by Gasteiger charge is -2.23. The van der Waals surface area contributed by atoms with Crippen LogP contribution in [0.1, 0.15) is 48.2 Å². The Kier molecular flexibility index (Phi) is 4.83. The normalized spacial score (nSPS) is 23.5. The lowest BCUT2D eigenvalue weighted by atomic mass is 9.91. The molecule has 2 aromatic carbocycles. The van der Waals surface area contributed by atoms with Crippen molar-refractivity contribution in [1.29, 1.82) is 5.26 Å². The first-order valence-electron chi connectivity index (χ1n) is 11.0. The summed E-state index contributed by atoms with van der Waals surface area (Å²) in [5.74, 6) is 0.609. The van der Waals surface area contributed by atoms with E-state index in [1.807, 2.05) is 41.0 Å². The molecule has 1 aliphatic carbocycles. The highest BCUT2D eigenvalue weighted by molar-refractivity contribution is 6.08. The molecule has 5 rings (SSSR count). The van der Waals surface area contributed by atoms with Crippen LogP contribution in [-0.2, 0) is 10.3 Å². The number of hydrogen-bond donors (Lipinski definition) is 0. The first kappa shape index (κ1) is 19.8. The molecule has 31 heavy (non-hydrogen) atoms. The van der Waals surface area contributed by atoms with Gasteiger partial charge in [0.1, 0.15) is 11.2 Å². The van der Waals surface area contributed by atoms with Crippen molar-refractivity contribution in [3.8, 4) is 6.07 Å². The van der Waals surface area contributed by atoms with Gasteiger partial charge in [0.2, 0.25) is 0 Å². The Labute approximate surface area is 182 Å². The molecule has 2 fully saturated rings. The second kappa shape index (κ2) is 7.55. The SMILES string of the molecule is C[C@H]1C[C@]1(C#N)n1c(C(=O)N(C)c2ccccc2)cc2cc(C3CCOCC3)ccc21.